The van der Waals surface area contributed by atoms with Crippen LogP contribution in [0.2, 0.25) is 0 Å². The van der Waals surface area contributed by atoms with Crippen molar-refractivity contribution in [1.82, 2.24) is 0 Å². The van der Waals surface area contributed by atoms with Crippen LogP contribution in [-0.2, 0) is 0 Å². The highest BCUT2D eigenvalue weighted by atomic mass is 32.2. The smallest absolute Gasteiger partial charge is 0.107 e. The lowest BCUT2D eigenvalue weighted by molar-refractivity contribution is 0.246. The Balaban J connectivity index is 2.22. The molecule has 2 aliphatic rings. The van der Waals surface area contributed by atoms with E-state index in [1.54, 1.807) is 6.08 Å². The highest BCUT2D eigenvalue weighted by Crippen LogP contribution is 2.42. The molecule has 88 valence electrons. The summed E-state index contributed by atoms with van der Waals surface area (Å²) in [5.74, 6) is 2.37. The average Bonchev–Trinajstić information content (AvgIpc) is 2.24. The van der Waals surface area contributed by atoms with Crippen LogP contribution >= 0.6 is 23.5 Å². The van der Waals surface area contributed by atoms with Crippen molar-refractivity contribution in [2.75, 3.05) is 11.5 Å². The SMILES string of the molecule is C=C/C=C1\CCC2=C(SCCCCS2)C1O. The molecule has 1 aliphatic carbocycles. The van der Waals surface area contributed by atoms with E-state index in [0.29, 0.717) is 0 Å². The molecule has 1 N–H and O–H groups in total. The van der Waals surface area contributed by atoms with E-state index in [4.69, 9.17) is 0 Å². The van der Waals surface area contributed by atoms with Crippen LogP contribution in [-0.4, -0.2) is 22.7 Å². The van der Waals surface area contributed by atoms with E-state index in [9.17, 15) is 5.11 Å². The van der Waals surface area contributed by atoms with E-state index in [0.717, 1.165) is 24.2 Å². The van der Waals surface area contributed by atoms with Gasteiger partial charge in [0.15, 0.2) is 0 Å². The highest BCUT2D eigenvalue weighted by molar-refractivity contribution is 8.06. The van der Waals surface area contributed by atoms with Crippen molar-refractivity contribution >= 4 is 23.5 Å². The fraction of sp³-hybridized carbons (Fsp3) is 0.538. The summed E-state index contributed by atoms with van der Waals surface area (Å²) in [5.41, 5.74) is 1.13. The van der Waals surface area contributed by atoms with Gasteiger partial charge in [-0.1, -0.05) is 18.7 Å². The van der Waals surface area contributed by atoms with E-state index < -0.39 is 0 Å². The molecule has 0 saturated carbocycles. The van der Waals surface area contributed by atoms with Crippen molar-refractivity contribution in [3.63, 3.8) is 0 Å². The van der Waals surface area contributed by atoms with Crippen molar-refractivity contribution in [1.29, 1.82) is 0 Å². The molecular formula is C13H18OS2. The summed E-state index contributed by atoms with van der Waals surface area (Å²) in [4.78, 5) is 2.64. The molecule has 0 spiro atoms. The fourth-order valence-electron chi connectivity index (χ4n) is 2.05. The Hall–Kier alpha value is -0.120. The first kappa shape index (κ1) is 12.3. The van der Waals surface area contributed by atoms with Gasteiger partial charge < -0.3 is 5.11 Å². The second-order valence-corrected chi connectivity index (χ2v) is 6.40. The molecule has 1 aliphatic heterocycles. The Morgan fingerprint density at radius 2 is 1.94 bits per heavy atom. The summed E-state index contributed by atoms with van der Waals surface area (Å²) in [6.07, 6.45) is 8.05. The molecule has 0 bridgehead atoms. The largest absolute Gasteiger partial charge is 0.383 e. The molecule has 0 aromatic carbocycles. The first-order valence-corrected chi connectivity index (χ1v) is 7.78. The number of hydrogen-bond acceptors (Lipinski definition) is 3. The number of rotatable bonds is 1. The van der Waals surface area contributed by atoms with Crippen molar-refractivity contribution < 1.29 is 5.11 Å². The number of aliphatic hydroxyl groups excluding tert-OH is 1. The van der Waals surface area contributed by atoms with Crippen LogP contribution in [0.1, 0.15) is 25.7 Å². The highest BCUT2D eigenvalue weighted by Gasteiger charge is 2.26. The Kier molecular flexibility index (Phi) is 4.62. The fourth-order valence-corrected chi connectivity index (χ4v) is 4.64. The van der Waals surface area contributed by atoms with E-state index >= 15 is 0 Å². The van der Waals surface area contributed by atoms with Gasteiger partial charge in [-0.25, -0.2) is 0 Å². The number of hydrogen-bond donors (Lipinski definition) is 1. The maximum absolute atomic E-state index is 10.3. The van der Waals surface area contributed by atoms with Gasteiger partial charge >= 0.3 is 0 Å². The van der Waals surface area contributed by atoms with E-state index in [2.05, 4.69) is 6.58 Å². The topological polar surface area (TPSA) is 20.2 Å². The van der Waals surface area contributed by atoms with Crippen molar-refractivity contribution in [3.05, 3.63) is 34.1 Å². The van der Waals surface area contributed by atoms with Crippen LogP contribution in [0.25, 0.3) is 0 Å². The molecule has 0 aromatic heterocycles. The maximum atomic E-state index is 10.3. The predicted molar refractivity (Wildman–Crippen MR) is 74.7 cm³/mol. The molecule has 16 heavy (non-hydrogen) atoms. The molecule has 1 unspecified atom stereocenters. The monoisotopic (exact) mass is 254 g/mol. The first-order valence-electron chi connectivity index (χ1n) is 5.81. The normalized spacial score (nSPS) is 29.6. The minimum absolute atomic E-state index is 0.364. The summed E-state index contributed by atoms with van der Waals surface area (Å²) < 4.78 is 0. The molecule has 0 amide bonds. The van der Waals surface area contributed by atoms with Crippen molar-refractivity contribution in [2.45, 2.75) is 31.8 Å². The Morgan fingerprint density at radius 1 is 1.19 bits per heavy atom. The summed E-state index contributed by atoms with van der Waals surface area (Å²) in [7, 11) is 0. The van der Waals surface area contributed by atoms with Gasteiger partial charge in [0.25, 0.3) is 0 Å². The summed E-state index contributed by atoms with van der Waals surface area (Å²) in [6, 6.07) is 0. The van der Waals surface area contributed by atoms with Crippen LogP contribution in [0.3, 0.4) is 0 Å². The summed E-state index contributed by atoms with van der Waals surface area (Å²) in [6.45, 7) is 3.71. The molecule has 0 radical (unpaired) electrons. The van der Waals surface area contributed by atoms with E-state index in [1.165, 1.54) is 28.4 Å². The third kappa shape index (κ3) is 2.76. The zero-order chi connectivity index (χ0) is 11.4. The summed E-state index contributed by atoms with van der Waals surface area (Å²) in [5, 5.41) is 10.3. The Morgan fingerprint density at radius 3 is 2.69 bits per heavy atom. The van der Waals surface area contributed by atoms with Crippen LogP contribution in [0, 0.1) is 0 Å². The molecule has 1 nitrogen and oxygen atoms in total. The molecule has 0 aromatic rings. The second kappa shape index (κ2) is 5.99. The Bertz CT molecular complexity index is 331. The van der Waals surface area contributed by atoms with Gasteiger partial charge in [-0.3, -0.25) is 0 Å². The van der Waals surface area contributed by atoms with Gasteiger partial charge in [-0.15, -0.1) is 23.5 Å². The zero-order valence-corrected chi connectivity index (χ0v) is 11.1. The zero-order valence-electron chi connectivity index (χ0n) is 9.45. The molecule has 3 heteroatoms. The molecular weight excluding hydrogens is 236 g/mol. The predicted octanol–water partition coefficient (Wildman–Crippen LogP) is 3.73. The van der Waals surface area contributed by atoms with Gasteiger partial charge in [-0.05, 0) is 47.7 Å². The molecule has 0 saturated heterocycles. The Labute approximate surface area is 106 Å². The second-order valence-electron chi connectivity index (χ2n) is 4.07. The minimum Gasteiger partial charge on any atom is -0.383 e. The third-order valence-corrected chi connectivity index (χ3v) is 5.59. The van der Waals surface area contributed by atoms with Crippen LogP contribution in [0.5, 0.6) is 0 Å². The molecule has 0 fully saturated rings. The molecule has 1 atom stereocenters. The lowest BCUT2D eigenvalue weighted by atomic mass is 9.97. The molecule has 2 rings (SSSR count). The van der Waals surface area contributed by atoms with E-state index in [1.807, 2.05) is 29.6 Å². The first-order chi connectivity index (χ1) is 7.83. The van der Waals surface area contributed by atoms with Crippen LogP contribution < -0.4 is 0 Å². The van der Waals surface area contributed by atoms with Crippen molar-refractivity contribution in [2.24, 2.45) is 0 Å². The summed E-state index contributed by atoms with van der Waals surface area (Å²) >= 11 is 3.80. The van der Waals surface area contributed by atoms with Gasteiger partial charge in [-0.2, -0.15) is 0 Å². The quantitative estimate of drug-likeness (QED) is 0.770. The minimum atomic E-state index is -0.364. The van der Waals surface area contributed by atoms with Gasteiger partial charge in [0.2, 0.25) is 0 Å². The van der Waals surface area contributed by atoms with Crippen molar-refractivity contribution in [3.8, 4) is 0 Å². The van der Waals surface area contributed by atoms with Gasteiger partial charge in [0.05, 0.1) is 0 Å². The van der Waals surface area contributed by atoms with Gasteiger partial charge in [0.1, 0.15) is 6.10 Å². The number of aliphatic hydroxyl groups is 1. The number of thioether (sulfide) groups is 2. The van der Waals surface area contributed by atoms with Crippen LogP contribution in [0.15, 0.2) is 34.1 Å². The van der Waals surface area contributed by atoms with E-state index in [-0.39, 0.29) is 6.10 Å². The molecule has 1 heterocycles. The van der Waals surface area contributed by atoms with Crippen LogP contribution in [0.4, 0.5) is 0 Å². The number of allylic oxidation sites excluding steroid dienone is 3. The maximum Gasteiger partial charge on any atom is 0.107 e. The lowest BCUT2D eigenvalue weighted by Crippen LogP contribution is -2.19. The lowest BCUT2D eigenvalue weighted by Gasteiger charge is -2.28. The van der Waals surface area contributed by atoms with Gasteiger partial charge in [0, 0.05) is 4.91 Å². The standard InChI is InChI=1S/C13H18OS2/c1-2-5-10-6-7-11-13(12(10)14)16-9-4-3-8-15-11/h2,5,12,14H,1,3-4,6-9H2/b10-5+. The average molecular weight is 254 g/mol. The third-order valence-electron chi connectivity index (χ3n) is 2.92.